The molecule has 2 N–H and O–H groups in total. The number of likely N-dealkylation sites (N-methyl/N-ethyl adjacent to an activating group) is 1. The Labute approximate surface area is 159 Å². The molecule has 0 aromatic carbocycles. The standard InChI is InChI=1S/C18H29N5O4/c1-18(2,16(24)25)14-11-20-17(19-10-13-12-22(3)4-9-27-13)21-15(14)23-5-7-26-8-6-23/h11,13H,4-10,12H2,1-3H3,(H,24,25)(H,19,20,21)/t13-/m1/s1. The molecule has 0 bridgehead atoms. The van der Waals surface area contributed by atoms with Gasteiger partial charge in [0.25, 0.3) is 0 Å². The van der Waals surface area contributed by atoms with Gasteiger partial charge in [0.05, 0.1) is 31.3 Å². The monoisotopic (exact) mass is 379 g/mol. The predicted molar refractivity (Wildman–Crippen MR) is 101 cm³/mol. The first-order valence-corrected chi connectivity index (χ1v) is 9.35. The number of aliphatic carboxylic acids is 1. The van der Waals surface area contributed by atoms with Gasteiger partial charge in [0.15, 0.2) is 0 Å². The van der Waals surface area contributed by atoms with Gasteiger partial charge in [0.1, 0.15) is 5.82 Å². The van der Waals surface area contributed by atoms with Crippen LogP contribution in [0.4, 0.5) is 11.8 Å². The smallest absolute Gasteiger partial charge is 0.313 e. The number of hydrogen-bond acceptors (Lipinski definition) is 8. The number of morpholine rings is 2. The van der Waals surface area contributed by atoms with Gasteiger partial charge in [0.2, 0.25) is 5.95 Å². The second kappa shape index (κ2) is 8.37. The number of aromatic nitrogens is 2. The van der Waals surface area contributed by atoms with E-state index in [0.717, 1.165) is 13.1 Å². The van der Waals surface area contributed by atoms with Gasteiger partial charge in [-0.25, -0.2) is 4.98 Å². The van der Waals surface area contributed by atoms with Crippen LogP contribution in [0, 0.1) is 0 Å². The van der Waals surface area contributed by atoms with E-state index in [-0.39, 0.29) is 6.10 Å². The Balaban J connectivity index is 1.80. The third-order valence-corrected chi connectivity index (χ3v) is 5.12. The van der Waals surface area contributed by atoms with Gasteiger partial charge in [-0.2, -0.15) is 4.98 Å². The van der Waals surface area contributed by atoms with Crippen LogP contribution >= 0.6 is 0 Å². The fourth-order valence-corrected chi connectivity index (χ4v) is 3.23. The van der Waals surface area contributed by atoms with Crippen molar-refractivity contribution in [3.05, 3.63) is 11.8 Å². The Morgan fingerprint density at radius 2 is 2.07 bits per heavy atom. The lowest BCUT2D eigenvalue weighted by atomic mass is 9.85. The van der Waals surface area contributed by atoms with Crippen molar-refractivity contribution in [1.82, 2.24) is 14.9 Å². The van der Waals surface area contributed by atoms with E-state index in [2.05, 4.69) is 32.1 Å². The van der Waals surface area contributed by atoms with E-state index in [1.165, 1.54) is 0 Å². The van der Waals surface area contributed by atoms with Crippen molar-refractivity contribution in [2.24, 2.45) is 0 Å². The van der Waals surface area contributed by atoms with Crippen molar-refractivity contribution in [2.75, 3.05) is 69.8 Å². The van der Waals surface area contributed by atoms with Gasteiger partial charge < -0.3 is 29.7 Å². The molecule has 0 aliphatic carbocycles. The highest BCUT2D eigenvalue weighted by Crippen LogP contribution is 2.32. The highest BCUT2D eigenvalue weighted by atomic mass is 16.5. The van der Waals surface area contributed by atoms with Crippen molar-refractivity contribution in [3.8, 4) is 0 Å². The molecule has 9 nitrogen and oxygen atoms in total. The van der Waals surface area contributed by atoms with E-state index < -0.39 is 11.4 Å². The quantitative estimate of drug-likeness (QED) is 0.728. The summed E-state index contributed by atoms with van der Waals surface area (Å²) in [5.74, 6) is 0.239. The zero-order valence-corrected chi connectivity index (χ0v) is 16.3. The minimum Gasteiger partial charge on any atom is -0.481 e. The fraction of sp³-hybridized carbons (Fsp3) is 0.722. The Bertz CT molecular complexity index is 663. The van der Waals surface area contributed by atoms with Gasteiger partial charge >= 0.3 is 5.97 Å². The summed E-state index contributed by atoms with van der Waals surface area (Å²) in [7, 11) is 2.07. The van der Waals surface area contributed by atoms with E-state index in [0.29, 0.717) is 56.8 Å². The second-order valence-corrected chi connectivity index (χ2v) is 7.60. The molecule has 2 saturated heterocycles. The molecule has 2 aliphatic rings. The van der Waals surface area contributed by atoms with E-state index in [1.807, 2.05) is 0 Å². The summed E-state index contributed by atoms with van der Waals surface area (Å²) in [6.45, 7) is 9.02. The van der Waals surface area contributed by atoms with Crippen molar-refractivity contribution in [3.63, 3.8) is 0 Å². The van der Waals surface area contributed by atoms with Crippen molar-refractivity contribution in [1.29, 1.82) is 0 Å². The van der Waals surface area contributed by atoms with E-state index in [1.54, 1.807) is 20.0 Å². The SMILES string of the molecule is CN1CCO[C@H](CNc2ncc(C(C)(C)C(=O)O)c(N3CCOCC3)n2)C1. The molecule has 0 radical (unpaired) electrons. The molecule has 2 aliphatic heterocycles. The van der Waals surface area contributed by atoms with Crippen LogP contribution in [0.15, 0.2) is 6.20 Å². The lowest BCUT2D eigenvalue weighted by molar-refractivity contribution is -0.142. The van der Waals surface area contributed by atoms with E-state index in [4.69, 9.17) is 9.47 Å². The normalized spacial score (nSPS) is 21.9. The predicted octanol–water partition coefficient (Wildman–Crippen LogP) is 0.418. The highest BCUT2D eigenvalue weighted by Gasteiger charge is 2.35. The van der Waals surface area contributed by atoms with Gasteiger partial charge in [0, 0.05) is 44.5 Å². The van der Waals surface area contributed by atoms with Crippen LogP contribution in [0.2, 0.25) is 0 Å². The molecule has 2 fully saturated rings. The third kappa shape index (κ3) is 4.66. The summed E-state index contributed by atoms with van der Waals surface area (Å²) in [6.07, 6.45) is 1.71. The lowest BCUT2D eigenvalue weighted by Crippen LogP contribution is -2.43. The fourth-order valence-electron chi connectivity index (χ4n) is 3.23. The molecule has 0 spiro atoms. The van der Waals surface area contributed by atoms with Gasteiger partial charge in [-0.05, 0) is 20.9 Å². The van der Waals surface area contributed by atoms with Crippen LogP contribution in [0.1, 0.15) is 19.4 Å². The maximum Gasteiger partial charge on any atom is 0.313 e. The van der Waals surface area contributed by atoms with Crippen LogP contribution in [0.25, 0.3) is 0 Å². The number of ether oxygens (including phenoxy) is 2. The Morgan fingerprint density at radius 3 is 2.74 bits per heavy atom. The molecular weight excluding hydrogens is 350 g/mol. The molecule has 3 heterocycles. The number of nitrogens with one attached hydrogen (secondary N) is 1. The summed E-state index contributed by atoms with van der Waals surface area (Å²) >= 11 is 0. The maximum atomic E-state index is 11.8. The number of carboxylic acid groups (broad SMARTS) is 1. The summed E-state index contributed by atoms with van der Waals surface area (Å²) in [5, 5.41) is 12.9. The number of carbonyl (C=O) groups is 1. The molecule has 1 atom stereocenters. The molecule has 1 aromatic heterocycles. The molecule has 0 amide bonds. The molecule has 150 valence electrons. The third-order valence-electron chi connectivity index (χ3n) is 5.12. The number of nitrogens with zero attached hydrogens (tertiary/aromatic N) is 4. The van der Waals surface area contributed by atoms with Gasteiger partial charge in [-0.3, -0.25) is 4.79 Å². The van der Waals surface area contributed by atoms with Crippen molar-refractivity contribution in [2.45, 2.75) is 25.4 Å². The zero-order chi connectivity index (χ0) is 19.4. The first-order chi connectivity index (χ1) is 12.9. The average molecular weight is 379 g/mol. The van der Waals surface area contributed by atoms with Crippen LogP contribution in [0.3, 0.4) is 0 Å². The van der Waals surface area contributed by atoms with E-state index >= 15 is 0 Å². The Kier molecular flexibility index (Phi) is 6.13. The minimum atomic E-state index is -1.08. The molecular formula is C18H29N5O4. The highest BCUT2D eigenvalue weighted by molar-refractivity contribution is 5.82. The first kappa shape index (κ1) is 19.8. The van der Waals surface area contributed by atoms with Crippen molar-refractivity contribution >= 4 is 17.7 Å². The molecule has 1 aromatic rings. The minimum absolute atomic E-state index is 0.0781. The maximum absolute atomic E-state index is 11.8. The zero-order valence-electron chi connectivity index (χ0n) is 16.3. The van der Waals surface area contributed by atoms with Crippen molar-refractivity contribution < 1.29 is 19.4 Å². The molecule has 0 saturated carbocycles. The molecule has 3 rings (SSSR count). The van der Waals surface area contributed by atoms with Crippen LogP contribution in [0.5, 0.6) is 0 Å². The lowest BCUT2D eigenvalue weighted by Gasteiger charge is -2.33. The number of carboxylic acids is 1. The number of hydrogen-bond donors (Lipinski definition) is 2. The number of anilines is 2. The number of rotatable bonds is 6. The summed E-state index contributed by atoms with van der Waals surface area (Å²) in [6, 6.07) is 0. The Morgan fingerprint density at radius 1 is 1.33 bits per heavy atom. The van der Waals surface area contributed by atoms with Gasteiger partial charge in [-0.15, -0.1) is 0 Å². The van der Waals surface area contributed by atoms with Crippen LogP contribution in [-0.2, 0) is 19.7 Å². The largest absolute Gasteiger partial charge is 0.481 e. The summed E-state index contributed by atoms with van der Waals surface area (Å²) in [5.41, 5.74) is -0.474. The van der Waals surface area contributed by atoms with Crippen LogP contribution < -0.4 is 10.2 Å². The Hall–Kier alpha value is -1.97. The van der Waals surface area contributed by atoms with E-state index in [9.17, 15) is 9.90 Å². The average Bonchev–Trinajstić information content (AvgIpc) is 2.67. The van der Waals surface area contributed by atoms with Crippen LogP contribution in [-0.4, -0.2) is 91.6 Å². The summed E-state index contributed by atoms with van der Waals surface area (Å²) in [4.78, 5) is 25.1. The molecule has 27 heavy (non-hydrogen) atoms. The van der Waals surface area contributed by atoms with Gasteiger partial charge in [-0.1, -0.05) is 0 Å². The molecule has 0 unspecified atom stereocenters. The topological polar surface area (TPSA) is 100 Å². The summed E-state index contributed by atoms with van der Waals surface area (Å²) < 4.78 is 11.2. The molecule has 9 heteroatoms. The first-order valence-electron chi connectivity index (χ1n) is 9.35. The second-order valence-electron chi connectivity index (χ2n) is 7.60.